The Kier molecular flexibility index (Phi) is 5.97. The molecule has 158 valence electrons. The van der Waals surface area contributed by atoms with Gasteiger partial charge in [0.2, 0.25) is 10.0 Å². The molecule has 4 rings (SSSR count). The van der Waals surface area contributed by atoms with Crippen molar-refractivity contribution in [2.45, 2.75) is 55.9 Å². The van der Waals surface area contributed by atoms with E-state index >= 15 is 0 Å². The number of nitriles is 1. The fraction of sp³-hybridized carbons (Fsp3) is 0.458. The Bertz CT molecular complexity index is 1010. The normalized spacial score (nSPS) is 26.0. The van der Waals surface area contributed by atoms with Crippen molar-refractivity contribution in [3.63, 3.8) is 0 Å². The number of sulfonamides is 1. The molecule has 2 unspecified atom stereocenters. The summed E-state index contributed by atoms with van der Waals surface area (Å²) in [5, 5.41) is 9.29. The van der Waals surface area contributed by atoms with Crippen LogP contribution in [-0.4, -0.2) is 32.0 Å². The monoisotopic (exact) mass is 424 g/mol. The van der Waals surface area contributed by atoms with Gasteiger partial charge in [-0.15, -0.1) is 0 Å². The van der Waals surface area contributed by atoms with Gasteiger partial charge in [0.25, 0.3) is 0 Å². The molecule has 5 nitrogen and oxygen atoms in total. The highest BCUT2D eigenvalue weighted by molar-refractivity contribution is 7.89. The number of hydrogen-bond donors (Lipinski definition) is 0. The van der Waals surface area contributed by atoms with Gasteiger partial charge in [0.1, 0.15) is 5.25 Å². The van der Waals surface area contributed by atoms with Crippen LogP contribution in [0.2, 0.25) is 0 Å². The van der Waals surface area contributed by atoms with Crippen LogP contribution in [0.25, 0.3) is 0 Å². The molecule has 2 atom stereocenters. The SMILES string of the molecule is CC1CCC(c2ccccc2)S(=O)(=O)N1Cc1ccc(C2(C#N)CCOCC2)cc1. The molecule has 2 aliphatic heterocycles. The van der Waals surface area contributed by atoms with E-state index in [1.165, 1.54) is 0 Å². The molecule has 2 fully saturated rings. The van der Waals surface area contributed by atoms with E-state index < -0.39 is 20.7 Å². The lowest BCUT2D eigenvalue weighted by Gasteiger charge is -2.37. The van der Waals surface area contributed by atoms with Crippen molar-refractivity contribution < 1.29 is 13.2 Å². The first-order chi connectivity index (χ1) is 14.5. The molecule has 0 spiro atoms. The molecule has 0 radical (unpaired) electrons. The zero-order valence-electron chi connectivity index (χ0n) is 17.3. The minimum absolute atomic E-state index is 0.0319. The van der Waals surface area contributed by atoms with Crippen molar-refractivity contribution in [3.8, 4) is 6.07 Å². The fourth-order valence-electron chi connectivity index (χ4n) is 4.65. The number of benzene rings is 2. The lowest BCUT2D eigenvalue weighted by atomic mass is 9.75. The Morgan fingerprint density at radius 2 is 1.73 bits per heavy atom. The first-order valence-electron chi connectivity index (χ1n) is 10.6. The number of ether oxygens (including phenoxy) is 1. The molecular weight excluding hydrogens is 396 g/mol. The maximum Gasteiger partial charge on any atom is 0.221 e. The first kappa shape index (κ1) is 21.0. The smallest absolute Gasteiger partial charge is 0.221 e. The van der Waals surface area contributed by atoms with Gasteiger partial charge in [0.15, 0.2) is 0 Å². The van der Waals surface area contributed by atoms with Crippen molar-refractivity contribution >= 4 is 10.0 Å². The van der Waals surface area contributed by atoms with E-state index in [2.05, 4.69) is 6.07 Å². The second-order valence-electron chi connectivity index (χ2n) is 8.42. The molecule has 0 amide bonds. The summed E-state index contributed by atoms with van der Waals surface area (Å²) in [6, 6.07) is 19.9. The van der Waals surface area contributed by atoms with Crippen LogP contribution in [0.5, 0.6) is 0 Å². The second kappa shape index (κ2) is 8.50. The van der Waals surface area contributed by atoms with Gasteiger partial charge >= 0.3 is 0 Å². The maximum absolute atomic E-state index is 13.4. The van der Waals surface area contributed by atoms with Crippen LogP contribution in [0.15, 0.2) is 54.6 Å². The van der Waals surface area contributed by atoms with E-state index in [0.717, 1.165) is 23.1 Å². The molecule has 0 aromatic heterocycles. The minimum Gasteiger partial charge on any atom is -0.381 e. The van der Waals surface area contributed by atoms with Crippen molar-refractivity contribution in [2.75, 3.05) is 13.2 Å². The third-order valence-corrected chi connectivity index (χ3v) is 8.97. The van der Waals surface area contributed by atoms with Crippen molar-refractivity contribution in [2.24, 2.45) is 0 Å². The second-order valence-corrected chi connectivity index (χ2v) is 10.5. The summed E-state index contributed by atoms with van der Waals surface area (Å²) in [7, 11) is -3.45. The standard InChI is InChI=1S/C24H28N2O3S/c1-19-7-12-23(21-5-3-2-4-6-21)30(27,28)26(19)17-20-8-10-22(11-9-20)24(18-25)13-15-29-16-14-24/h2-6,8-11,19,23H,7,12-17H2,1H3. The van der Waals surface area contributed by atoms with Gasteiger partial charge in [-0.3, -0.25) is 0 Å². The van der Waals surface area contributed by atoms with Crippen molar-refractivity contribution in [1.29, 1.82) is 5.26 Å². The number of rotatable bonds is 4. The van der Waals surface area contributed by atoms with Crippen LogP contribution < -0.4 is 0 Å². The molecule has 0 bridgehead atoms. The molecular formula is C24H28N2O3S. The summed E-state index contributed by atoms with van der Waals surface area (Å²) in [4.78, 5) is 0. The summed E-state index contributed by atoms with van der Waals surface area (Å²) < 4.78 is 33.9. The molecule has 2 aliphatic rings. The van der Waals surface area contributed by atoms with Crippen molar-refractivity contribution in [3.05, 3.63) is 71.3 Å². The molecule has 0 N–H and O–H groups in total. The van der Waals surface area contributed by atoms with Gasteiger partial charge in [0, 0.05) is 25.8 Å². The predicted molar refractivity (Wildman–Crippen MR) is 116 cm³/mol. The quantitative estimate of drug-likeness (QED) is 0.733. The topological polar surface area (TPSA) is 70.4 Å². The fourth-order valence-corrected chi connectivity index (χ4v) is 6.84. The van der Waals surface area contributed by atoms with Gasteiger partial charge in [-0.25, -0.2) is 8.42 Å². The van der Waals surface area contributed by atoms with Gasteiger partial charge in [-0.1, -0.05) is 54.6 Å². The summed E-state index contributed by atoms with van der Waals surface area (Å²) >= 11 is 0. The highest BCUT2D eigenvalue weighted by Crippen LogP contribution is 2.38. The molecule has 2 aromatic rings. The highest BCUT2D eigenvalue weighted by atomic mass is 32.2. The Balaban J connectivity index is 1.56. The largest absolute Gasteiger partial charge is 0.381 e. The van der Waals surface area contributed by atoms with Crippen LogP contribution in [0.1, 0.15) is 54.5 Å². The van der Waals surface area contributed by atoms with E-state index in [0.29, 0.717) is 39.0 Å². The predicted octanol–water partition coefficient (Wildman–Crippen LogP) is 4.31. The van der Waals surface area contributed by atoms with Crippen LogP contribution in [-0.2, 0) is 26.7 Å². The van der Waals surface area contributed by atoms with Crippen molar-refractivity contribution in [1.82, 2.24) is 4.31 Å². The first-order valence-corrected chi connectivity index (χ1v) is 12.1. The molecule has 6 heteroatoms. The Morgan fingerprint density at radius 1 is 1.07 bits per heavy atom. The van der Waals surface area contributed by atoms with Crippen LogP contribution in [0.4, 0.5) is 0 Å². The Morgan fingerprint density at radius 3 is 2.37 bits per heavy atom. The lowest BCUT2D eigenvalue weighted by molar-refractivity contribution is 0.0675. The molecule has 2 saturated heterocycles. The zero-order chi connectivity index (χ0) is 21.2. The zero-order valence-corrected chi connectivity index (χ0v) is 18.1. The summed E-state index contributed by atoms with van der Waals surface area (Å²) in [5.74, 6) is 0. The third kappa shape index (κ3) is 3.90. The van der Waals surface area contributed by atoms with E-state index in [1.54, 1.807) is 4.31 Å². The molecule has 0 saturated carbocycles. The Labute approximate surface area is 179 Å². The van der Waals surface area contributed by atoms with E-state index in [4.69, 9.17) is 4.74 Å². The van der Waals surface area contributed by atoms with Crippen LogP contribution in [0, 0.1) is 11.3 Å². The van der Waals surface area contributed by atoms with E-state index in [1.807, 2.05) is 61.5 Å². The van der Waals surface area contributed by atoms with Crippen LogP contribution >= 0.6 is 0 Å². The maximum atomic E-state index is 13.4. The van der Waals surface area contributed by atoms with Gasteiger partial charge in [-0.2, -0.15) is 9.57 Å². The number of hydrogen-bond acceptors (Lipinski definition) is 4. The van der Waals surface area contributed by atoms with E-state index in [-0.39, 0.29) is 6.04 Å². The highest BCUT2D eigenvalue weighted by Gasteiger charge is 2.40. The number of nitrogens with zero attached hydrogens (tertiary/aromatic N) is 2. The third-order valence-electron chi connectivity index (χ3n) is 6.60. The summed E-state index contributed by atoms with van der Waals surface area (Å²) in [6.45, 7) is 3.54. The van der Waals surface area contributed by atoms with Gasteiger partial charge in [-0.05, 0) is 49.3 Å². The minimum atomic E-state index is -3.45. The van der Waals surface area contributed by atoms with Crippen LogP contribution in [0.3, 0.4) is 0 Å². The molecule has 30 heavy (non-hydrogen) atoms. The average molecular weight is 425 g/mol. The molecule has 0 aliphatic carbocycles. The molecule has 2 aromatic carbocycles. The summed E-state index contributed by atoms with van der Waals surface area (Å²) in [5.41, 5.74) is 2.30. The van der Waals surface area contributed by atoms with Gasteiger partial charge in [0.05, 0.1) is 11.5 Å². The molecule has 2 heterocycles. The lowest BCUT2D eigenvalue weighted by Crippen LogP contribution is -2.44. The van der Waals surface area contributed by atoms with E-state index in [9.17, 15) is 13.7 Å². The van der Waals surface area contributed by atoms with Gasteiger partial charge < -0.3 is 4.74 Å². The summed E-state index contributed by atoms with van der Waals surface area (Å²) in [6.07, 6.45) is 2.88. The average Bonchev–Trinajstić information content (AvgIpc) is 2.78. The Hall–Kier alpha value is -2.20.